The van der Waals surface area contributed by atoms with Gasteiger partial charge in [-0.1, -0.05) is 44.2 Å². The lowest BCUT2D eigenvalue weighted by atomic mass is 9.98. The Kier molecular flexibility index (Phi) is 5.19. The van der Waals surface area contributed by atoms with Crippen molar-refractivity contribution in [1.82, 2.24) is 0 Å². The molecule has 2 aromatic rings. The summed E-state index contributed by atoms with van der Waals surface area (Å²) in [7, 11) is 0. The van der Waals surface area contributed by atoms with Crippen molar-refractivity contribution in [2.45, 2.75) is 40.5 Å². The molecule has 0 aromatic heterocycles. The number of benzene rings is 2. The third-order valence-corrected chi connectivity index (χ3v) is 4.01. The lowest BCUT2D eigenvalue weighted by molar-refractivity contribution is 0.868. The van der Waals surface area contributed by atoms with Crippen LogP contribution in [0.3, 0.4) is 0 Å². The van der Waals surface area contributed by atoms with Crippen molar-refractivity contribution in [2.24, 2.45) is 0 Å². The minimum absolute atomic E-state index is 0.450. The summed E-state index contributed by atoms with van der Waals surface area (Å²) in [4.78, 5) is 0. The summed E-state index contributed by atoms with van der Waals surface area (Å²) in [6, 6.07) is 12.7. The van der Waals surface area contributed by atoms with Crippen LogP contribution < -0.4 is 10.6 Å². The van der Waals surface area contributed by atoms with Crippen LogP contribution in [0.25, 0.3) is 0 Å². The topological polar surface area (TPSA) is 24.1 Å². The van der Waals surface area contributed by atoms with Crippen molar-refractivity contribution in [2.75, 3.05) is 10.6 Å². The summed E-state index contributed by atoms with van der Waals surface area (Å²) < 4.78 is 0. The number of rotatable bonds is 3. The number of nitrogens with one attached hydrogen (secondary N) is 2. The normalized spacial score (nSPS) is 10.6. The predicted octanol–water partition coefficient (Wildman–Crippen LogP) is 5.54. The van der Waals surface area contributed by atoms with Crippen molar-refractivity contribution in [3.63, 3.8) is 0 Å². The van der Waals surface area contributed by atoms with E-state index in [1.165, 1.54) is 22.3 Å². The van der Waals surface area contributed by atoms with E-state index in [-0.39, 0.29) is 0 Å². The number of anilines is 2. The zero-order chi connectivity index (χ0) is 16.3. The molecule has 0 radical (unpaired) electrons. The van der Waals surface area contributed by atoms with E-state index < -0.39 is 0 Å². The number of hydrogen-bond acceptors (Lipinski definition) is 1. The fourth-order valence-corrected chi connectivity index (χ4v) is 2.69. The molecule has 2 rings (SSSR count). The molecule has 0 aliphatic carbocycles. The zero-order valence-corrected chi connectivity index (χ0v) is 14.8. The van der Waals surface area contributed by atoms with Crippen LogP contribution in [0.15, 0.2) is 36.4 Å². The van der Waals surface area contributed by atoms with Crippen LogP contribution in [0.1, 0.15) is 42.0 Å². The first kappa shape index (κ1) is 16.5. The Hall–Kier alpha value is -1.87. The molecule has 116 valence electrons. The molecule has 0 aliphatic heterocycles. The molecule has 2 nitrogen and oxygen atoms in total. The molecule has 0 saturated carbocycles. The van der Waals surface area contributed by atoms with Crippen LogP contribution in [0.2, 0.25) is 0 Å². The van der Waals surface area contributed by atoms with Gasteiger partial charge in [-0.15, -0.1) is 0 Å². The van der Waals surface area contributed by atoms with Crippen LogP contribution in [0.4, 0.5) is 11.4 Å². The monoisotopic (exact) mass is 312 g/mol. The zero-order valence-electron chi connectivity index (χ0n) is 13.9. The largest absolute Gasteiger partial charge is 0.332 e. The third kappa shape index (κ3) is 3.86. The standard InChI is InChI=1S/C19H24N2S/c1-12(2)16-8-6-7-15(5)18(16)21-19(22)20-17-11-13(3)9-10-14(17)4/h6-12H,1-5H3,(H2,20,21,22). The second-order valence-corrected chi connectivity index (χ2v) is 6.50. The molecule has 0 amide bonds. The number of thiocarbonyl (C=S) groups is 1. The highest BCUT2D eigenvalue weighted by Crippen LogP contribution is 2.27. The number of para-hydroxylation sites is 1. The van der Waals surface area contributed by atoms with Gasteiger partial charge in [0.1, 0.15) is 0 Å². The molecule has 0 spiro atoms. The van der Waals surface area contributed by atoms with Crippen LogP contribution in [0, 0.1) is 20.8 Å². The van der Waals surface area contributed by atoms with Crippen LogP contribution in [-0.4, -0.2) is 5.11 Å². The fourth-order valence-electron chi connectivity index (χ4n) is 2.48. The number of hydrogen-bond donors (Lipinski definition) is 2. The Balaban J connectivity index is 2.21. The molecule has 0 atom stereocenters. The van der Waals surface area contributed by atoms with E-state index in [1.807, 2.05) is 0 Å². The molecule has 22 heavy (non-hydrogen) atoms. The first-order chi connectivity index (χ1) is 10.4. The van der Waals surface area contributed by atoms with E-state index >= 15 is 0 Å². The van der Waals surface area contributed by atoms with Gasteiger partial charge >= 0.3 is 0 Å². The predicted molar refractivity (Wildman–Crippen MR) is 101 cm³/mol. The van der Waals surface area contributed by atoms with Gasteiger partial charge in [0.15, 0.2) is 5.11 Å². The van der Waals surface area contributed by atoms with E-state index in [2.05, 4.69) is 81.7 Å². The van der Waals surface area contributed by atoms with Crippen LogP contribution in [0.5, 0.6) is 0 Å². The maximum Gasteiger partial charge on any atom is 0.175 e. The first-order valence-corrected chi connectivity index (χ1v) is 8.04. The maximum absolute atomic E-state index is 5.50. The van der Waals surface area contributed by atoms with Crippen molar-refractivity contribution < 1.29 is 0 Å². The van der Waals surface area contributed by atoms with Crippen LogP contribution >= 0.6 is 12.2 Å². The second kappa shape index (κ2) is 6.93. The maximum atomic E-state index is 5.50. The number of aryl methyl sites for hydroxylation is 3. The molecule has 0 heterocycles. The van der Waals surface area contributed by atoms with Gasteiger partial charge in [-0.25, -0.2) is 0 Å². The molecule has 0 unspecified atom stereocenters. The van der Waals surface area contributed by atoms with Gasteiger partial charge in [0.2, 0.25) is 0 Å². The van der Waals surface area contributed by atoms with Crippen molar-refractivity contribution >= 4 is 28.7 Å². The van der Waals surface area contributed by atoms with Gasteiger partial charge < -0.3 is 10.6 Å². The molecule has 0 saturated heterocycles. The van der Waals surface area contributed by atoms with E-state index in [1.54, 1.807) is 0 Å². The van der Waals surface area contributed by atoms with Gasteiger partial charge in [0, 0.05) is 11.4 Å². The lowest BCUT2D eigenvalue weighted by Crippen LogP contribution is -2.21. The Morgan fingerprint density at radius 1 is 0.955 bits per heavy atom. The van der Waals surface area contributed by atoms with E-state index in [0.717, 1.165) is 11.4 Å². The fraction of sp³-hybridized carbons (Fsp3) is 0.316. The molecule has 2 N–H and O–H groups in total. The van der Waals surface area contributed by atoms with Crippen LogP contribution in [-0.2, 0) is 0 Å². The highest BCUT2D eigenvalue weighted by Gasteiger charge is 2.11. The Morgan fingerprint density at radius 2 is 1.68 bits per heavy atom. The minimum atomic E-state index is 0.450. The van der Waals surface area contributed by atoms with Gasteiger partial charge in [-0.05, 0) is 67.2 Å². The summed E-state index contributed by atoms with van der Waals surface area (Å²) in [5, 5.41) is 7.32. The third-order valence-electron chi connectivity index (χ3n) is 3.81. The van der Waals surface area contributed by atoms with Gasteiger partial charge in [-0.2, -0.15) is 0 Å². The molecule has 2 aromatic carbocycles. The SMILES string of the molecule is Cc1ccc(C)c(NC(=S)Nc2c(C)cccc2C(C)C)c1. The van der Waals surface area contributed by atoms with E-state index in [4.69, 9.17) is 12.2 Å². The molecular weight excluding hydrogens is 288 g/mol. The highest BCUT2D eigenvalue weighted by molar-refractivity contribution is 7.80. The quantitative estimate of drug-likeness (QED) is 0.727. The highest BCUT2D eigenvalue weighted by atomic mass is 32.1. The van der Waals surface area contributed by atoms with Crippen molar-refractivity contribution in [3.05, 3.63) is 58.7 Å². The average Bonchev–Trinajstić information content (AvgIpc) is 2.44. The summed E-state index contributed by atoms with van der Waals surface area (Å²) in [6.07, 6.45) is 0. The summed E-state index contributed by atoms with van der Waals surface area (Å²) in [6.45, 7) is 10.7. The smallest absolute Gasteiger partial charge is 0.175 e. The van der Waals surface area contributed by atoms with Crippen molar-refractivity contribution in [1.29, 1.82) is 0 Å². The Morgan fingerprint density at radius 3 is 2.36 bits per heavy atom. The lowest BCUT2D eigenvalue weighted by Gasteiger charge is -2.19. The minimum Gasteiger partial charge on any atom is -0.332 e. The van der Waals surface area contributed by atoms with Crippen molar-refractivity contribution in [3.8, 4) is 0 Å². The molecule has 3 heteroatoms. The van der Waals surface area contributed by atoms with E-state index in [0.29, 0.717) is 11.0 Å². The molecule has 0 bridgehead atoms. The average molecular weight is 312 g/mol. The van der Waals surface area contributed by atoms with Gasteiger partial charge in [-0.3, -0.25) is 0 Å². The first-order valence-electron chi connectivity index (χ1n) is 7.63. The summed E-state index contributed by atoms with van der Waals surface area (Å²) >= 11 is 5.50. The molecular formula is C19H24N2S. The second-order valence-electron chi connectivity index (χ2n) is 6.09. The summed E-state index contributed by atoms with van der Waals surface area (Å²) in [5.74, 6) is 0.450. The molecule has 0 fully saturated rings. The molecule has 0 aliphatic rings. The van der Waals surface area contributed by atoms with E-state index in [9.17, 15) is 0 Å². The van der Waals surface area contributed by atoms with Gasteiger partial charge in [0.25, 0.3) is 0 Å². The Bertz CT molecular complexity index is 690. The summed E-state index contributed by atoms with van der Waals surface area (Å²) in [5.41, 5.74) is 7.05. The Labute approximate surface area is 139 Å². The van der Waals surface area contributed by atoms with Gasteiger partial charge in [0.05, 0.1) is 0 Å².